The lowest BCUT2D eigenvalue weighted by Crippen LogP contribution is -2.42. The number of nitrogens with zero attached hydrogens (tertiary/aromatic N) is 1. The molecule has 1 unspecified atom stereocenters. The maximum absolute atomic E-state index is 3.32. The maximum atomic E-state index is 3.32. The molecule has 1 aliphatic heterocycles. The van der Waals surface area contributed by atoms with Crippen LogP contribution in [0.15, 0.2) is 24.3 Å². The lowest BCUT2D eigenvalue weighted by Gasteiger charge is -2.29. The monoisotopic (exact) mass is 232 g/mol. The van der Waals surface area contributed by atoms with E-state index >= 15 is 0 Å². The second-order valence-corrected chi connectivity index (χ2v) is 4.92. The first-order valence-electron chi connectivity index (χ1n) is 6.80. The highest BCUT2D eigenvalue weighted by molar-refractivity contribution is 5.28. The molecule has 17 heavy (non-hydrogen) atoms. The minimum Gasteiger partial charge on any atom is -0.318 e. The molecule has 0 amide bonds. The average Bonchev–Trinajstić information content (AvgIpc) is 2.58. The molecule has 94 valence electrons. The zero-order valence-electron chi connectivity index (χ0n) is 11.1. The highest BCUT2D eigenvalue weighted by atomic mass is 15.2. The summed E-state index contributed by atoms with van der Waals surface area (Å²) in [5.41, 5.74) is 3.10. The second-order valence-electron chi connectivity index (χ2n) is 4.92. The summed E-state index contributed by atoms with van der Waals surface area (Å²) in [7, 11) is 2.05. The van der Waals surface area contributed by atoms with Crippen LogP contribution in [-0.4, -0.2) is 37.6 Å². The van der Waals surface area contributed by atoms with Gasteiger partial charge in [-0.3, -0.25) is 4.90 Å². The minimum absolute atomic E-state index is 0.689. The van der Waals surface area contributed by atoms with Crippen LogP contribution in [0.3, 0.4) is 0 Å². The number of hydrogen-bond acceptors (Lipinski definition) is 2. The Hall–Kier alpha value is -0.860. The number of benzene rings is 1. The first kappa shape index (κ1) is 12.6. The van der Waals surface area contributed by atoms with Gasteiger partial charge < -0.3 is 5.32 Å². The SMILES string of the molecule is CCC(CNC)N1CCc2ccccc2CC1. The average molecular weight is 232 g/mol. The third kappa shape index (κ3) is 3.08. The van der Waals surface area contributed by atoms with Crippen molar-refractivity contribution in [1.82, 2.24) is 10.2 Å². The molecule has 2 nitrogen and oxygen atoms in total. The molecule has 2 heteroatoms. The normalized spacial score (nSPS) is 18.5. The Labute approximate surface area is 105 Å². The molecule has 1 aromatic carbocycles. The van der Waals surface area contributed by atoms with Crippen molar-refractivity contribution in [3.05, 3.63) is 35.4 Å². The zero-order valence-corrected chi connectivity index (χ0v) is 11.1. The molecule has 0 aliphatic carbocycles. The summed E-state index contributed by atoms with van der Waals surface area (Å²) >= 11 is 0. The van der Waals surface area contributed by atoms with E-state index in [4.69, 9.17) is 0 Å². The van der Waals surface area contributed by atoms with Crippen LogP contribution in [-0.2, 0) is 12.8 Å². The Morgan fingerprint density at radius 1 is 1.18 bits per heavy atom. The smallest absolute Gasteiger partial charge is 0.0218 e. The fraction of sp³-hybridized carbons (Fsp3) is 0.600. The number of hydrogen-bond donors (Lipinski definition) is 1. The Morgan fingerprint density at radius 3 is 2.24 bits per heavy atom. The van der Waals surface area contributed by atoms with E-state index in [1.807, 2.05) is 0 Å². The van der Waals surface area contributed by atoms with Crippen LogP contribution in [0.4, 0.5) is 0 Å². The molecule has 1 heterocycles. The topological polar surface area (TPSA) is 15.3 Å². The molecule has 1 atom stereocenters. The summed E-state index contributed by atoms with van der Waals surface area (Å²) in [4.78, 5) is 2.65. The van der Waals surface area contributed by atoms with Crippen molar-refractivity contribution in [3.63, 3.8) is 0 Å². The van der Waals surface area contributed by atoms with E-state index in [0.717, 1.165) is 6.54 Å². The minimum atomic E-state index is 0.689. The first-order valence-corrected chi connectivity index (χ1v) is 6.80. The van der Waals surface area contributed by atoms with E-state index < -0.39 is 0 Å². The third-order valence-corrected chi connectivity index (χ3v) is 3.88. The highest BCUT2D eigenvalue weighted by Gasteiger charge is 2.19. The van der Waals surface area contributed by atoms with Gasteiger partial charge in [-0.15, -0.1) is 0 Å². The largest absolute Gasteiger partial charge is 0.318 e. The Balaban J connectivity index is 2.03. The fourth-order valence-electron chi connectivity index (χ4n) is 2.82. The molecular weight excluding hydrogens is 208 g/mol. The van der Waals surface area contributed by atoms with Gasteiger partial charge in [-0.05, 0) is 37.4 Å². The van der Waals surface area contributed by atoms with E-state index in [1.165, 1.54) is 32.4 Å². The van der Waals surface area contributed by atoms with Gasteiger partial charge in [-0.25, -0.2) is 0 Å². The molecule has 1 aromatic rings. The lowest BCUT2D eigenvalue weighted by molar-refractivity contribution is 0.197. The zero-order chi connectivity index (χ0) is 12.1. The summed E-state index contributed by atoms with van der Waals surface area (Å²) in [6, 6.07) is 9.60. The molecule has 2 rings (SSSR count). The van der Waals surface area contributed by atoms with Crippen molar-refractivity contribution in [2.75, 3.05) is 26.7 Å². The second kappa shape index (κ2) is 6.18. The molecule has 0 bridgehead atoms. The number of rotatable bonds is 4. The predicted molar refractivity (Wildman–Crippen MR) is 73.4 cm³/mol. The highest BCUT2D eigenvalue weighted by Crippen LogP contribution is 2.17. The van der Waals surface area contributed by atoms with Crippen molar-refractivity contribution in [2.45, 2.75) is 32.2 Å². The fourth-order valence-corrected chi connectivity index (χ4v) is 2.82. The quantitative estimate of drug-likeness (QED) is 0.855. The van der Waals surface area contributed by atoms with Gasteiger partial charge >= 0.3 is 0 Å². The van der Waals surface area contributed by atoms with E-state index in [1.54, 1.807) is 11.1 Å². The summed E-state index contributed by atoms with van der Waals surface area (Å²) in [6.07, 6.45) is 3.64. The first-order chi connectivity index (χ1) is 8.35. The standard InChI is InChI=1S/C15H24N2/c1-3-15(12-16-2)17-10-8-13-6-4-5-7-14(13)9-11-17/h4-7,15-16H,3,8-12H2,1-2H3. The van der Waals surface area contributed by atoms with Gasteiger partial charge in [0.15, 0.2) is 0 Å². The molecule has 0 fully saturated rings. The van der Waals surface area contributed by atoms with Crippen LogP contribution in [0, 0.1) is 0 Å². The summed E-state index contributed by atoms with van der Waals surface area (Å²) in [5.74, 6) is 0. The van der Waals surface area contributed by atoms with Gasteiger partial charge in [-0.2, -0.15) is 0 Å². The molecule has 0 saturated heterocycles. The Kier molecular flexibility index (Phi) is 4.57. The summed E-state index contributed by atoms with van der Waals surface area (Å²) in [6.45, 7) is 5.81. The van der Waals surface area contributed by atoms with Gasteiger partial charge in [0.25, 0.3) is 0 Å². The van der Waals surface area contributed by atoms with E-state index in [0.29, 0.717) is 6.04 Å². The van der Waals surface area contributed by atoms with Crippen LogP contribution in [0.25, 0.3) is 0 Å². The summed E-state index contributed by atoms with van der Waals surface area (Å²) in [5, 5.41) is 3.32. The lowest BCUT2D eigenvalue weighted by atomic mass is 10.0. The van der Waals surface area contributed by atoms with Crippen molar-refractivity contribution in [3.8, 4) is 0 Å². The third-order valence-electron chi connectivity index (χ3n) is 3.88. The van der Waals surface area contributed by atoms with Gasteiger partial charge in [0.2, 0.25) is 0 Å². The maximum Gasteiger partial charge on any atom is 0.0218 e. The van der Waals surface area contributed by atoms with Crippen LogP contribution in [0.2, 0.25) is 0 Å². The predicted octanol–water partition coefficient (Wildman–Crippen LogP) is 2.09. The van der Waals surface area contributed by atoms with Crippen molar-refractivity contribution in [1.29, 1.82) is 0 Å². The Morgan fingerprint density at radius 2 is 1.76 bits per heavy atom. The van der Waals surface area contributed by atoms with E-state index in [-0.39, 0.29) is 0 Å². The van der Waals surface area contributed by atoms with Crippen LogP contribution >= 0.6 is 0 Å². The van der Waals surface area contributed by atoms with Crippen molar-refractivity contribution in [2.24, 2.45) is 0 Å². The molecule has 0 aromatic heterocycles. The molecule has 1 N–H and O–H groups in total. The Bertz CT molecular complexity index is 322. The molecule has 0 radical (unpaired) electrons. The molecular formula is C15H24N2. The van der Waals surface area contributed by atoms with Gasteiger partial charge in [0.05, 0.1) is 0 Å². The van der Waals surface area contributed by atoms with Gasteiger partial charge in [0.1, 0.15) is 0 Å². The van der Waals surface area contributed by atoms with Crippen molar-refractivity contribution >= 4 is 0 Å². The van der Waals surface area contributed by atoms with Crippen LogP contribution in [0.1, 0.15) is 24.5 Å². The molecule has 0 saturated carbocycles. The number of fused-ring (bicyclic) bond motifs is 1. The molecule has 1 aliphatic rings. The van der Waals surface area contributed by atoms with Gasteiger partial charge in [0, 0.05) is 25.7 Å². The number of likely N-dealkylation sites (N-methyl/N-ethyl adjacent to an activating group) is 1. The van der Waals surface area contributed by atoms with Crippen molar-refractivity contribution < 1.29 is 0 Å². The van der Waals surface area contributed by atoms with E-state index in [2.05, 4.69) is 48.5 Å². The van der Waals surface area contributed by atoms with Crippen LogP contribution in [0.5, 0.6) is 0 Å². The summed E-state index contributed by atoms with van der Waals surface area (Å²) < 4.78 is 0. The number of nitrogens with one attached hydrogen (secondary N) is 1. The van der Waals surface area contributed by atoms with E-state index in [9.17, 15) is 0 Å². The molecule has 0 spiro atoms. The van der Waals surface area contributed by atoms with Gasteiger partial charge in [-0.1, -0.05) is 31.2 Å². The van der Waals surface area contributed by atoms with Crippen LogP contribution < -0.4 is 5.32 Å².